The van der Waals surface area contributed by atoms with E-state index in [1.807, 2.05) is 136 Å². The summed E-state index contributed by atoms with van der Waals surface area (Å²) in [6.45, 7) is 0. The summed E-state index contributed by atoms with van der Waals surface area (Å²) in [6.07, 6.45) is 1.60. The minimum atomic E-state index is -0.761. The minimum absolute atomic E-state index is 0.111. The molecule has 0 atom stereocenters. The van der Waals surface area contributed by atoms with Crippen molar-refractivity contribution in [1.29, 1.82) is 0 Å². The summed E-state index contributed by atoms with van der Waals surface area (Å²) >= 11 is 37.1. The highest BCUT2D eigenvalue weighted by atomic mass is 127. The Labute approximate surface area is 362 Å². The highest BCUT2D eigenvalue weighted by Crippen LogP contribution is 2.38. The summed E-state index contributed by atoms with van der Waals surface area (Å²) < 4.78 is 2.34. The largest absolute Gasteiger partial charge is 0.323 e. The van der Waals surface area contributed by atoms with E-state index in [2.05, 4.69) is 10.6 Å². The minimum Gasteiger partial charge on any atom is -0.323 e. The van der Waals surface area contributed by atoms with Crippen LogP contribution < -0.4 is 10.6 Å². The quantitative estimate of drug-likeness (QED) is 0.103. The van der Waals surface area contributed by atoms with Gasteiger partial charge in [-0.05, 0) is 206 Å². The van der Waals surface area contributed by atoms with Gasteiger partial charge in [0.1, 0.15) is 0 Å². The molecular formula is C24H14Cl4I6N2O6S2. The lowest BCUT2D eigenvalue weighted by Crippen LogP contribution is -2.19. The summed E-state index contributed by atoms with van der Waals surface area (Å²) in [5, 5.41) is 2.49. The SMILES string of the molecule is O=C(CSCCCCSCC(=O)Nc1c(I)c(C(=O)Cl)c(I)c(C(=O)Cl)c1I)Nc1c(I)c(C(=O)Cl)c(I)c(C(=O)Cl)c1I. The van der Waals surface area contributed by atoms with Gasteiger partial charge in [-0.1, -0.05) is 0 Å². The molecule has 0 aliphatic rings. The molecule has 238 valence electrons. The summed E-state index contributed by atoms with van der Waals surface area (Å²) in [4.78, 5) is 73.2. The second-order valence-corrected chi connectivity index (χ2v) is 18.2. The van der Waals surface area contributed by atoms with Crippen LogP contribution in [0.25, 0.3) is 0 Å². The molecule has 0 fully saturated rings. The summed E-state index contributed by atoms with van der Waals surface area (Å²) in [5.41, 5.74) is 1.06. The van der Waals surface area contributed by atoms with Crippen molar-refractivity contribution in [3.8, 4) is 0 Å². The maximum Gasteiger partial charge on any atom is 0.254 e. The molecule has 44 heavy (non-hydrogen) atoms. The number of benzene rings is 2. The first-order valence-corrected chi connectivity index (χ1v) is 21.8. The van der Waals surface area contributed by atoms with Gasteiger partial charge in [-0.15, -0.1) is 0 Å². The summed E-state index contributed by atoms with van der Waals surface area (Å²) in [5.74, 6) is 1.07. The van der Waals surface area contributed by atoms with E-state index >= 15 is 0 Å². The lowest BCUT2D eigenvalue weighted by molar-refractivity contribution is -0.114. The monoisotopic (exact) mass is 1390 g/mol. The molecule has 0 radical (unpaired) electrons. The number of halogens is 10. The van der Waals surface area contributed by atoms with Gasteiger partial charge in [0.15, 0.2) is 0 Å². The molecule has 0 saturated heterocycles. The van der Waals surface area contributed by atoms with Crippen LogP contribution in [0.4, 0.5) is 11.4 Å². The van der Waals surface area contributed by atoms with Crippen molar-refractivity contribution in [3.63, 3.8) is 0 Å². The van der Waals surface area contributed by atoms with E-state index in [9.17, 15) is 28.8 Å². The van der Waals surface area contributed by atoms with Gasteiger partial charge in [-0.25, -0.2) is 0 Å². The van der Waals surface area contributed by atoms with Crippen molar-refractivity contribution in [2.75, 3.05) is 33.6 Å². The number of amides is 2. The third kappa shape index (κ3) is 11.4. The molecule has 2 amide bonds. The maximum absolute atomic E-state index is 12.6. The van der Waals surface area contributed by atoms with Crippen LogP contribution in [0.5, 0.6) is 0 Å². The third-order valence-electron chi connectivity index (χ3n) is 5.24. The van der Waals surface area contributed by atoms with E-state index in [0.29, 0.717) is 44.3 Å². The molecule has 8 nitrogen and oxygen atoms in total. The first-order valence-electron chi connectivity index (χ1n) is 11.5. The number of anilines is 2. The molecule has 2 aromatic rings. The number of carbonyl (C=O) groups excluding carboxylic acids is 6. The van der Waals surface area contributed by atoms with E-state index in [1.54, 1.807) is 0 Å². The molecule has 0 saturated carbocycles. The molecule has 0 spiro atoms. The lowest BCUT2D eigenvalue weighted by Gasteiger charge is -2.16. The second-order valence-electron chi connectivity index (χ2n) is 8.14. The number of unbranched alkanes of at least 4 members (excludes halogenated alkanes) is 1. The fourth-order valence-corrected chi connectivity index (χ4v) is 15.8. The molecule has 0 aromatic heterocycles. The molecule has 0 unspecified atom stereocenters. The Morgan fingerprint density at radius 3 is 0.955 bits per heavy atom. The van der Waals surface area contributed by atoms with Gasteiger partial charge in [0.05, 0.1) is 59.4 Å². The van der Waals surface area contributed by atoms with Crippen LogP contribution >= 0.6 is 205 Å². The Hall–Kier alpha value is 2.30. The molecule has 2 N–H and O–H groups in total. The second kappa shape index (κ2) is 20.2. The van der Waals surface area contributed by atoms with E-state index in [4.69, 9.17) is 46.4 Å². The molecule has 0 aliphatic carbocycles. The molecule has 0 heterocycles. The standard InChI is InChI=1S/C24H14Cl4I6N2O6S2/c25-21(39)9-13(29)10(22(26)40)16(32)19(15(9)31)35-7(37)5-43-3-1-2-4-44-6-8(38)36-20-17(33)11(23(27)41)14(30)12(18(20)34)24(28)42/h1-6H2,(H,35,37)(H,36,38). The fraction of sp³-hybridized carbons (Fsp3) is 0.250. The lowest BCUT2D eigenvalue weighted by atomic mass is 10.1. The third-order valence-corrected chi connectivity index (χ3v) is 14.6. The van der Waals surface area contributed by atoms with Crippen molar-refractivity contribution in [1.82, 2.24) is 0 Å². The summed E-state index contributed by atoms with van der Waals surface area (Å²) in [7, 11) is 0. The Balaban J connectivity index is 1.85. The molecule has 2 rings (SSSR count). The molecule has 20 heteroatoms. The topological polar surface area (TPSA) is 126 Å². The van der Waals surface area contributed by atoms with Crippen molar-refractivity contribution in [3.05, 3.63) is 43.7 Å². The van der Waals surface area contributed by atoms with Crippen molar-refractivity contribution in [2.45, 2.75) is 12.8 Å². The number of rotatable bonds is 15. The van der Waals surface area contributed by atoms with Gasteiger partial charge in [0.25, 0.3) is 21.0 Å². The van der Waals surface area contributed by atoms with Crippen LogP contribution in [0.2, 0.25) is 0 Å². The zero-order chi connectivity index (χ0) is 33.5. The van der Waals surface area contributed by atoms with Gasteiger partial charge >= 0.3 is 0 Å². The van der Waals surface area contributed by atoms with Crippen LogP contribution in [0, 0.1) is 21.4 Å². The normalized spacial score (nSPS) is 10.9. The number of hydrogen-bond acceptors (Lipinski definition) is 8. The predicted molar refractivity (Wildman–Crippen MR) is 231 cm³/mol. The number of carbonyl (C=O) groups is 6. The van der Waals surface area contributed by atoms with Gasteiger partial charge in [-0.2, -0.15) is 23.5 Å². The van der Waals surface area contributed by atoms with Gasteiger partial charge < -0.3 is 10.6 Å². The van der Waals surface area contributed by atoms with Crippen molar-refractivity contribution < 1.29 is 28.8 Å². The van der Waals surface area contributed by atoms with Crippen LogP contribution in [0.15, 0.2) is 0 Å². The number of thioether (sulfide) groups is 2. The molecule has 0 aliphatic heterocycles. The van der Waals surface area contributed by atoms with E-state index in [-0.39, 0.29) is 45.6 Å². The van der Waals surface area contributed by atoms with E-state index in [1.165, 1.54) is 23.5 Å². The smallest absolute Gasteiger partial charge is 0.254 e. The van der Waals surface area contributed by atoms with E-state index < -0.39 is 21.0 Å². The van der Waals surface area contributed by atoms with Crippen LogP contribution in [-0.2, 0) is 9.59 Å². The Bertz CT molecular complexity index is 1370. The average Bonchev–Trinajstić information content (AvgIpc) is 2.89. The first kappa shape index (κ1) is 42.5. The number of hydrogen-bond donors (Lipinski definition) is 2. The molecular weight excluding hydrogens is 1380 g/mol. The first-order chi connectivity index (χ1) is 20.5. The van der Waals surface area contributed by atoms with E-state index in [0.717, 1.165) is 12.8 Å². The van der Waals surface area contributed by atoms with Crippen LogP contribution in [-0.4, -0.2) is 55.8 Å². The summed E-state index contributed by atoms with van der Waals surface area (Å²) in [6, 6.07) is 0. The van der Waals surface area contributed by atoms with Crippen molar-refractivity contribution >= 4 is 250 Å². The zero-order valence-corrected chi connectivity index (χ0v) is 38.9. The van der Waals surface area contributed by atoms with Crippen LogP contribution in [0.3, 0.4) is 0 Å². The van der Waals surface area contributed by atoms with Gasteiger partial charge in [-0.3, -0.25) is 28.8 Å². The molecule has 0 bridgehead atoms. The predicted octanol–water partition coefficient (Wildman–Crippen LogP) is 9.65. The Kier molecular flexibility index (Phi) is 19.5. The number of nitrogens with one attached hydrogen (secondary N) is 2. The van der Waals surface area contributed by atoms with Gasteiger partial charge in [0.2, 0.25) is 11.8 Å². The average molecular weight is 1390 g/mol. The fourth-order valence-electron chi connectivity index (χ4n) is 3.33. The highest BCUT2D eigenvalue weighted by molar-refractivity contribution is 14.1. The zero-order valence-electron chi connectivity index (χ0n) is 21.3. The Morgan fingerprint density at radius 2 is 0.727 bits per heavy atom. The maximum atomic E-state index is 12.6. The Morgan fingerprint density at radius 1 is 0.477 bits per heavy atom. The van der Waals surface area contributed by atoms with Gasteiger partial charge in [0, 0.05) is 7.14 Å². The molecule has 2 aromatic carbocycles. The van der Waals surface area contributed by atoms with Crippen LogP contribution in [0.1, 0.15) is 54.3 Å². The highest BCUT2D eigenvalue weighted by Gasteiger charge is 2.28. The van der Waals surface area contributed by atoms with Crippen molar-refractivity contribution in [2.24, 2.45) is 0 Å².